The molecular formula is C31H31N5O4S. The molecule has 1 saturated heterocycles. The topological polar surface area (TPSA) is 117 Å². The van der Waals surface area contributed by atoms with Crippen LogP contribution in [0.15, 0.2) is 65.6 Å². The summed E-state index contributed by atoms with van der Waals surface area (Å²) in [5.41, 5.74) is 2.55. The lowest BCUT2D eigenvalue weighted by Gasteiger charge is -2.17. The number of likely N-dealkylation sites (tertiary alicyclic amines) is 1. The number of rotatable bonds is 9. The van der Waals surface area contributed by atoms with Crippen LogP contribution in [0, 0.1) is 0 Å². The minimum absolute atomic E-state index is 0.0997. The number of benzene rings is 2. The zero-order valence-electron chi connectivity index (χ0n) is 22.9. The van der Waals surface area contributed by atoms with Crippen molar-refractivity contribution in [1.82, 2.24) is 25.4 Å². The molecule has 41 heavy (non-hydrogen) atoms. The number of hydrogen-bond donors (Lipinski definition) is 2. The van der Waals surface area contributed by atoms with Crippen LogP contribution in [0.3, 0.4) is 0 Å². The highest BCUT2D eigenvalue weighted by atomic mass is 32.1. The first-order chi connectivity index (χ1) is 19.8. The second-order valence-electron chi connectivity index (χ2n) is 10.9. The number of carbonyl (C=O) groups is 2. The Morgan fingerprint density at radius 3 is 2.61 bits per heavy atom. The maximum atomic E-state index is 13.2. The molecule has 9 nitrogen and oxygen atoms in total. The van der Waals surface area contributed by atoms with Gasteiger partial charge in [0.05, 0.1) is 6.04 Å². The molecule has 6 rings (SSSR count). The predicted octanol–water partition coefficient (Wildman–Crippen LogP) is 4.89. The lowest BCUT2D eigenvalue weighted by atomic mass is 10.0. The summed E-state index contributed by atoms with van der Waals surface area (Å²) < 4.78 is 6.30. The minimum atomic E-state index is -0.262. The zero-order valence-corrected chi connectivity index (χ0v) is 23.7. The molecule has 1 atom stereocenters. The van der Waals surface area contributed by atoms with E-state index in [0.29, 0.717) is 54.0 Å². The molecular weight excluding hydrogens is 538 g/mol. The molecule has 0 unspecified atom stereocenters. The van der Waals surface area contributed by atoms with Crippen molar-refractivity contribution in [3.8, 4) is 22.1 Å². The van der Waals surface area contributed by atoms with Gasteiger partial charge >= 0.3 is 0 Å². The summed E-state index contributed by atoms with van der Waals surface area (Å²) in [6.07, 6.45) is 4.33. The molecule has 210 valence electrons. The number of carbonyl (C=O) groups excluding carboxylic acids is 2. The summed E-state index contributed by atoms with van der Waals surface area (Å²) in [7, 11) is 0. The second kappa shape index (κ2) is 11.3. The Kier molecular flexibility index (Phi) is 7.40. The van der Waals surface area contributed by atoms with Crippen LogP contribution in [0.25, 0.3) is 10.6 Å². The Labute approximate surface area is 241 Å². The van der Waals surface area contributed by atoms with Crippen molar-refractivity contribution >= 4 is 23.2 Å². The maximum Gasteiger partial charge on any atom is 0.251 e. The number of aromatic nitrogens is 3. The summed E-state index contributed by atoms with van der Waals surface area (Å²) in [4.78, 5) is 42.5. The molecule has 10 heteroatoms. The van der Waals surface area contributed by atoms with Crippen molar-refractivity contribution in [3.63, 3.8) is 0 Å². The minimum Gasteiger partial charge on any atom is -0.457 e. The van der Waals surface area contributed by atoms with Gasteiger partial charge in [-0.25, -0.2) is 0 Å². The smallest absolute Gasteiger partial charge is 0.251 e. The molecule has 3 heterocycles. The Morgan fingerprint density at radius 2 is 1.90 bits per heavy atom. The van der Waals surface area contributed by atoms with Crippen molar-refractivity contribution in [2.24, 2.45) is 0 Å². The number of hydrogen-bond acceptors (Lipinski definition) is 7. The van der Waals surface area contributed by atoms with Gasteiger partial charge in [-0.3, -0.25) is 14.4 Å². The SMILES string of the molecule is CC(C)c1nnc(-c2ccc(Oc3cc(C(=O)N[C@H]4CC(=O)N(C5CC5)C4)ccc3Cc3ccc[nH]c3=O)cc2)s1. The van der Waals surface area contributed by atoms with E-state index in [4.69, 9.17) is 4.74 Å². The molecule has 1 aliphatic heterocycles. The molecule has 2 fully saturated rings. The Hall–Kier alpha value is -4.31. The molecule has 1 saturated carbocycles. The van der Waals surface area contributed by atoms with Gasteiger partial charge in [0.1, 0.15) is 21.5 Å². The summed E-state index contributed by atoms with van der Waals surface area (Å²) in [5, 5.41) is 13.4. The zero-order chi connectivity index (χ0) is 28.5. The highest BCUT2D eigenvalue weighted by Crippen LogP contribution is 2.33. The second-order valence-corrected chi connectivity index (χ2v) is 11.9. The third-order valence-electron chi connectivity index (χ3n) is 7.35. The molecule has 0 spiro atoms. The average molecular weight is 570 g/mol. The van der Waals surface area contributed by atoms with E-state index in [1.165, 1.54) is 0 Å². The molecule has 4 aromatic rings. The highest BCUT2D eigenvalue weighted by Gasteiger charge is 2.39. The first kappa shape index (κ1) is 26.9. The molecule has 2 aromatic carbocycles. The highest BCUT2D eigenvalue weighted by molar-refractivity contribution is 7.14. The Bertz CT molecular complexity index is 1640. The first-order valence-corrected chi connectivity index (χ1v) is 14.7. The van der Waals surface area contributed by atoms with Crippen LogP contribution in [-0.2, 0) is 11.2 Å². The van der Waals surface area contributed by atoms with E-state index < -0.39 is 0 Å². The molecule has 2 aromatic heterocycles. The Balaban J connectivity index is 1.24. The largest absolute Gasteiger partial charge is 0.457 e. The summed E-state index contributed by atoms with van der Waals surface area (Å²) in [5.74, 6) is 1.22. The molecule has 2 aliphatic rings. The number of H-pyrrole nitrogens is 1. The number of nitrogens with zero attached hydrogens (tertiary/aromatic N) is 3. The Morgan fingerprint density at radius 1 is 1.10 bits per heavy atom. The van der Waals surface area contributed by atoms with E-state index in [9.17, 15) is 14.4 Å². The van der Waals surface area contributed by atoms with Crippen molar-refractivity contribution in [1.29, 1.82) is 0 Å². The van der Waals surface area contributed by atoms with Gasteiger partial charge in [0, 0.05) is 54.2 Å². The lowest BCUT2D eigenvalue weighted by Crippen LogP contribution is -2.37. The van der Waals surface area contributed by atoms with Crippen LogP contribution in [0.4, 0.5) is 0 Å². The number of amides is 2. The standard InChI is InChI=1S/C31H31N5O4S/c1-18(2)30-34-35-31(41-30)19-7-11-25(12-8-19)40-26-15-22(6-5-20(26)14-21-4-3-13-32-28(21)38)29(39)33-23-16-27(37)36(17-23)24-9-10-24/h3-8,11-13,15,18,23-24H,9-10,14,16-17H2,1-2H3,(H,32,38)(H,33,39)/t23-/m0/s1. The fraction of sp³-hybridized carbons (Fsp3) is 0.323. The van der Waals surface area contributed by atoms with Gasteiger partial charge < -0.3 is 19.9 Å². The molecule has 0 bridgehead atoms. The fourth-order valence-electron chi connectivity index (χ4n) is 4.95. The molecule has 2 N–H and O–H groups in total. The normalized spacial score (nSPS) is 16.8. The van der Waals surface area contributed by atoms with Gasteiger partial charge in [-0.15, -0.1) is 10.2 Å². The van der Waals surface area contributed by atoms with E-state index in [-0.39, 0.29) is 23.4 Å². The molecule has 2 amide bonds. The van der Waals surface area contributed by atoms with Crippen LogP contribution in [-0.4, -0.2) is 50.5 Å². The van der Waals surface area contributed by atoms with Crippen molar-refractivity contribution < 1.29 is 14.3 Å². The third-order valence-corrected chi connectivity index (χ3v) is 8.63. The lowest BCUT2D eigenvalue weighted by molar-refractivity contribution is -0.128. The first-order valence-electron chi connectivity index (χ1n) is 13.9. The molecule has 1 aliphatic carbocycles. The van der Waals surface area contributed by atoms with Crippen LogP contribution in [0.5, 0.6) is 11.5 Å². The van der Waals surface area contributed by atoms with E-state index in [0.717, 1.165) is 34.0 Å². The van der Waals surface area contributed by atoms with Gasteiger partial charge in [0.15, 0.2) is 0 Å². The van der Waals surface area contributed by atoms with E-state index >= 15 is 0 Å². The van der Waals surface area contributed by atoms with Crippen molar-refractivity contribution in [2.45, 2.75) is 57.5 Å². The van der Waals surface area contributed by atoms with Crippen LogP contribution in [0.2, 0.25) is 0 Å². The van der Waals surface area contributed by atoms with Gasteiger partial charge in [-0.2, -0.15) is 0 Å². The van der Waals surface area contributed by atoms with Gasteiger partial charge in [0.25, 0.3) is 11.5 Å². The predicted molar refractivity (Wildman–Crippen MR) is 156 cm³/mol. The quantitative estimate of drug-likeness (QED) is 0.296. The van der Waals surface area contributed by atoms with Crippen LogP contribution >= 0.6 is 11.3 Å². The van der Waals surface area contributed by atoms with Gasteiger partial charge in [0.2, 0.25) is 5.91 Å². The van der Waals surface area contributed by atoms with E-state index in [1.807, 2.05) is 35.2 Å². The van der Waals surface area contributed by atoms with Gasteiger partial charge in [-0.05, 0) is 60.9 Å². The third kappa shape index (κ3) is 6.07. The summed E-state index contributed by atoms with van der Waals surface area (Å²) >= 11 is 1.57. The van der Waals surface area contributed by atoms with Crippen LogP contribution in [0.1, 0.15) is 65.5 Å². The van der Waals surface area contributed by atoms with E-state index in [2.05, 4.69) is 34.3 Å². The van der Waals surface area contributed by atoms with E-state index in [1.54, 1.807) is 41.8 Å². The van der Waals surface area contributed by atoms with Crippen LogP contribution < -0.4 is 15.6 Å². The summed E-state index contributed by atoms with van der Waals surface area (Å²) in [6, 6.07) is 16.5. The fourth-order valence-corrected chi connectivity index (χ4v) is 5.80. The number of aromatic amines is 1. The van der Waals surface area contributed by atoms with Crippen molar-refractivity contribution in [2.75, 3.05) is 6.54 Å². The number of nitrogens with one attached hydrogen (secondary N) is 2. The number of ether oxygens (including phenoxy) is 1. The molecule has 0 radical (unpaired) electrons. The average Bonchev–Trinajstić information content (AvgIpc) is 3.55. The summed E-state index contributed by atoms with van der Waals surface area (Å²) in [6.45, 7) is 4.73. The van der Waals surface area contributed by atoms with Crippen molar-refractivity contribution in [3.05, 3.63) is 92.8 Å². The number of pyridine rings is 1. The monoisotopic (exact) mass is 569 g/mol. The van der Waals surface area contributed by atoms with Gasteiger partial charge in [-0.1, -0.05) is 37.3 Å². The maximum absolute atomic E-state index is 13.2.